The molecule has 4 aliphatic rings. The summed E-state index contributed by atoms with van der Waals surface area (Å²) in [5.41, 5.74) is 4.04. The lowest BCUT2D eigenvalue weighted by atomic mass is 9.62. The van der Waals surface area contributed by atoms with Crippen molar-refractivity contribution in [1.82, 2.24) is 4.90 Å². The van der Waals surface area contributed by atoms with Gasteiger partial charge < -0.3 is 9.64 Å². The monoisotopic (exact) mass is 410 g/mol. The van der Waals surface area contributed by atoms with Gasteiger partial charge in [0.05, 0.1) is 5.92 Å². The topological polar surface area (TPSA) is 32.8 Å². The molecule has 0 bridgehead atoms. The highest BCUT2D eigenvalue weighted by atomic mass is 19.1. The Morgan fingerprint density at radius 1 is 1.17 bits per heavy atom. The number of allylic oxidation sites excluding steroid dienone is 3. The summed E-state index contributed by atoms with van der Waals surface area (Å²) in [5.74, 6) is -0.101. The summed E-state index contributed by atoms with van der Waals surface area (Å²) in [6, 6.07) is 6.72. The van der Waals surface area contributed by atoms with Crippen LogP contribution < -0.4 is 4.90 Å². The van der Waals surface area contributed by atoms with E-state index in [0.717, 1.165) is 57.7 Å². The fraction of sp³-hybridized carbons (Fsp3) is 0.560. The van der Waals surface area contributed by atoms with Gasteiger partial charge in [-0.2, -0.15) is 0 Å². The number of carbonyl (C=O) groups is 1. The summed E-state index contributed by atoms with van der Waals surface area (Å²) in [4.78, 5) is 17.5. The molecule has 0 spiro atoms. The Labute approximate surface area is 178 Å². The highest BCUT2D eigenvalue weighted by Gasteiger charge is 2.51. The normalized spacial score (nSPS) is 34.0. The molecule has 160 valence electrons. The van der Waals surface area contributed by atoms with Crippen molar-refractivity contribution >= 4 is 11.7 Å². The predicted octanol–water partition coefficient (Wildman–Crippen LogP) is 4.18. The zero-order valence-electron chi connectivity index (χ0n) is 17.9. The van der Waals surface area contributed by atoms with Crippen molar-refractivity contribution in [2.75, 3.05) is 37.6 Å². The molecule has 4 atom stereocenters. The average molecular weight is 411 g/mol. The van der Waals surface area contributed by atoms with Gasteiger partial charge in [-0.15, -0.1) is 0 Å². The minimum absolute atomic E-state index is 0.0216. The fourth-order valence-corrected chi connectivity index (χ4v) is 5.96. The molecule has 5 heteroatoms. The van der Waals surface area contributed by atoms with Crippen molar-refractivity contribution in [2.45, 2.75) is 39.2 Å². The molecule has 2 aliphatic carbocycles. The molecule has 0 aromatic heterocycles. The van der Waals surface area contributed by atoms with Crippen molar-refractivity contribution in [3.63, 3.8) is 0 Å². The van der Waals surface area contributed by atoms with E-state index in [2.05, 4.69) is 35.8 Å². The average Bonchev–Trinajstić information content (AvgIpc) is 3.01. The maximum Gasteiger partial charge on any atom is 0.311 e. The summed E-state index contributed by atoms with van der Waals surface area (Å²) >= 11 is 0. The number of halogens is 1. The van der Waals surface area contributed by atoms with Gasteiger partial charge in [-0.05, 0) is 61.4 Å². The van der Waals surface area contributed by atoms with Crippen LogP contribution >= 0.6 is 0 Å². The summed E-state index contributed by atoms with van der Waals surface area (Å²) < 4.78 is 19.1. The Kier molecular flexibility index (Phi) is 4.97. The van der Waals surface area contributed by atoms with E-state index in [-0.39, 0.29) is 35.1 Å². The number of hydrogen-bond acceptors (Lipinski definition) is 4. The smallest absolute Gasteiger partial charge is 0.311 e. The van der Waals surface area contributed by atoms with Crippen molar-refractivity contribution in [2.24, 2.45) is 17.3 Å². The van der Waals surface area contributed by atoms with Crippen LogP contribution in [0, 0.1) is 23.1 Å². The van der Waals surface area contributed by atoms with Gasteiger partial charge in [0.15, 0.2) is 0 Å². The van der Waals surface area contributed by atoms with Gasteiger partial charge in [-0.1, -0.05) is 24.6 Å². The maximum absolute atomic E-state index is 13.2. The third kappa shape index (κ3) is 3.47. The molecule has 0 amide bonds. The Balaban J connectivity index is 1.26. The van der Waals surface area contributed by atoms with Crippen LogP contribution in [-0.4, -0.2) is 49.7 Å². The van der Waals surface area contributed by atoms with Crippen LogP contribution in [0.3, 0.4) is 0 Å². The second-order valence-electron chi connectivity index (χ2n) is 9.69. The molecule has 2 aliphatic heterocycles. The first kappa shape index (κ1) is 19.8. The Hall–Kier alpha value is -2.14. The molecule has 2 saturated heterocycles. The number of nitrogens with zero attached hydrogens (tertiary/aromatic N) is 2. The maximum atomic E-state index is 13.2. The highest BCUT2D eigenvalue weighted by molar-refractivity contribution is 5.76. The molecular weight excluding hydrogens is 379 g/mol. The summed E-state index contributed by atoms with van der Waals surface area (Å²) in [5, 5.41) is 0. The number of anilines is 1. The van der Waals surface area contributed by atoms with Gasteiger partial charge >= 0.3 is 5.97 Å². The van der Waals surface area contributed by atoms with E-state index in [1.807, 2.05) is 12.1 Å². The van der Waals surface area contributed by atoms with Crippen molar-refractivity contribution in [3.05, 3.63) is 53.4 Å². The second-order valence-corrected chi connectivity index (χ2v) is 9.69. The molecular formula is C25H31FN2O2. The molecule has 1 aromatic rings. The van der Waals surface area contributed by atoms with Crippen LogP contribution in [0.15, 0.2) is 47.6 Å². The fourth-order valence-electron chi connectivity index (χ4n) is 5.96. The quantitative estimate of drug-likeness (QED) is 0.700. The number of esters is 1. The molecule has 1 aromatic carbocycles. The molecule has 4 nitrogen and oxygen atoms in total. The molecule has 2 fully saturated rings. The van der Waals surface area contributed by atoms with Crippen molar-refractivity contribution in [1.29, 1.82) is 0 Å². The van der Waals surface area contributed by atoms with Crippen LogP contribution in [-0.2, 0) is 9.53 Å². The third-order valence-electron chi connectivity index (χ3n) is 7.72. The number of rotatable bonds is 3. The lowest BCUT2D eigenvalue weighted by Crippen LogP contribution is -2.49. The summed E-state index contributed by atoms with van der Waals surface area (Å²) in [7, 11) is 0. The number of piperazine rings is 1. The van der Waals surface area contributed by atoms with Crippen LogP contribution in [0.25, 0.3) is 0 Å². The first-order chi connectivity index (χ1) is 14.4. The van der Waals surface area contributed by atoms with E-state index in [4.69, 9.17) is 4.74 Å². The minimum atomic E-state index is -0.201. The molecule has 0 N–H and O–H groups in total. The van der Waals surface area contributed by atoms with Gasteiger partial charge in [0.1, 0.15) is 11.9 Å². The van der Waals surface area contributed by atoms with Gasteiger partial charge in [-0.3, -0.25) is 9.69 Å². The van der Waals surface area contributed by atoms with Gasteiger partial charge in [-0.25, -0.2) is 4.39 Å². The first-order valence-corrected chi connectivity index (χ1v) is 11.3. The number of fused-ring (bicyclic) bond motifs is 2. The molecule has 30 heavy (non-hydrogen) atoms. The van der Waals surface area contributed by atoms with Crippen LogP contribution in [0.5, 0.6) is 0 Å². The largest absolute Gasteiger partial charge is 0.461 e. The standard InChI is InChI=1S/C25H31FN2O2/c1-17-4-3-9-25(2)15-23-20(14-22(17)25)21(24(29)30-23)16-27-10-12-28(13-11-27)19-7-5-18(26)6-8-19/h4-8,14,20-21,23H,3,9-13,15-16H2,1-2H3. The molecule has 0 radical (unpaired) electrons. The molecule has 2 heterocycles. The Morgan fingerprint density at radius 3 is 2.63 bits per heavy atom. The highest BCUT2D eigenvalue weighted by Crippen LogP contribution is 2.52. The van der Waals surface area contributed by atoms with E-state index >= 15 is 0 Å². The Morgan fingerprint density at radius 2 is 1.90 bits per heavy atom. The predicted molar refractivity (Wildman–Crippen MR) is 116 cm³/mol. The van der Waals surface area contributed by atoms with Crippen LogP contribution in [0.4, 0.5) is 10.1 Å². The van der Waals surface area contributed by atoms with Gasteiger partial charge in [0, 0.05) is 44.3 Å². The van der Waals surface area contributed by atoms with Crippen molar-refractivity contribution < 1.29 is 13.9 Å². The number of benzene rings is 1. The zero-order valence-corrected chi connectivity index (χ0v) is 17.9. The SMILES string of the molecule is CC1=CCCC2(C)CC3OC(=O)C(CN4CCN(c5ccc(F)cc5)CC4)C3C=C12. The second kappa shape index (κ2) is 7.52. The lowest BCUT2D eigenvalue weighted by Gasteiger charge is -2.43. The van der Waals surface area contributed by atoms with Crippen LogP contribution in [0.2, 0.25) is 0 Å². The first-order valence-electron chi connectivity index (χ1n) is 11.3. The van der Waals surface area contributed by atoms with Crippen LogP contribution in [0.1, 0.15) is 33.1 Å². The summed E-state index contributed by atoms with van der Waals surface area (Å²) in [6.45, 7) is 8.91. The molecule has 0 saturated carbocycles. The molecule has 4 unspecified atom stereocenters. The number of hydrogen-bond donors (Lipinski definition) is 0. The van der Waals surface area contributed by atoms with Gasteiger partial charge in [0.25, 0.3) is 0 Å². The zero-order chi connectivity index (χ0) is 20.9. The Bertz CT molecular complexity index is 885. The summed E-state index contributed by atoms with van der Waals surface area (Å²) in [6.07, 6.45) is 7.97. The van der Waals surface area contributed by atoms with E-state index in [9.17, 15) is 9.18 Å². The lowest BCUT2D eigenvalue weighted by molar-refractivity contribution is -0.145. The van der Waals surface area contributed by atoms with E-state index in [1.54, 1.807) is 0 Å². The molecule has 5 rings (SSSR count). The number of ether oxygens (including phenoxy) is 1. The third-order valence-corrected chi connectivity index (χ3v) is 7.72. The van der Waals surface area contributed by atoms with Crippen molar-refractivity contribution in [3.8, 4) is 0 Å². The van der Waals surface area contributed by atoms with E-state index in [1.165, 1.54) is 23.3 Å². The van der Waals surface area contributed by atoms with E-state index < -0.39 is 0 Å². The number of carbonyl (C=O) groups excluding carboxylic acids is 1. The van der Waals surface area contributed by atoms with Gasteiger partial charge in [0.2, 0.25) is 0 Å². The minimum Gasteiger partial charge on any atom is -0.461 e. The van der Waals surface area contributed by atoms with E-state index in [0.29, 0.717) is 0 Å².